The van der Waals surface area contributed by atoms with Gasteiger partial charge in [0, 0.05) is 23.7 Å². The second-order valence-corrected chi connectivity index (χ2v) is 5.21. The molecule has 1 unspecified atom stereocenters. The second-order valence-electron chi connectivity index (χ2n) is 4.78. The molecule has 1 aromatic rings. The smallest absolute Gasteiger partial charge is 0.244 e. The van der Waals surface area contributed by atoms with Gasteiger partial charge in [-0.1, -0.05) is 30.2 Å². The second kappa shape index (κ2) is 7.31. The fraction of sp³-hybridized carbons (Fsp3) is 0.400. The highest BCUT2D eigenvalue weighted by atomic mass is 35.5. The van der Waals surface area contributed by atoms with E-state index in [9.17, 15) is 4.79 Å². The van der Waals surface area contributed by atoms with E-state index in [1.807, 2.05) is 24.3 Å². The van der Waals surface area contributed by atoms with Crippen LogP contribution in [0.3, 0.4) is 0 Å². The molecule has 4 heteroatoms. The van der Waals surface area contributed by atoms with Gasteiger partial charge in [0.05, 0.1) is 0 Å². The zero-order chi connectivity index (χ0) is 13.5. The Bertz CT molecular complexity index is 436. The minimum Gasteiger partial charge on any atom is -0.351 e. The van der Waals surface area contributed by atoms with Gasteiger partial charge in [0.25, 0.3) is 0 Å². The molecular formula is C15H19ClN2O. The molecule has 0 saturated carbocycles. The predicted molar refractivity (Wildman–Crippen MR) is 79.1 cm³/mol. The van der Waals surface area contributed by atoms with E-state index in [0.717, 1.165) is 18.5 Å². The average Bonchev–Trinajstić information content (AvgIpc) is 2.45. The van der Waals surface area contributed by atoms with Gasteiger partial charge < -0.3 is 10.6 Å². The van der Waals surface area contributed by atoms with Crippen LogP contribution in [0.15, 0.2) is 30.3 Å². The van der Waals surface area contributed by atoms with Crippen LogP contribution >= 0.6 is 11.6 Å². The maximum absolute atomic E-state index is 11.7. The topological polar surface area (TPSA) is 41.1 Å². The van der Waals surface area contributed by atoms with Gasteiger partial charge in [0.2, 0.25) is 5.91 Å². The molecule has 19 heavy (non-hydrogen) atoms. The largest absolute Gasteiger partial charge is 0.351 e. The van der Waals surface area contributed by atoms with Gasteiger partial charge in [-0.2, -0.15) is 0 Å². The third-order valence-corrected chi connectivity index (χ3v) is 3.48. The number of carbonyl (C=O) groups is 1. The Morgan fingerprint density at radius 1 is 1.37 bits per heavy atom. The van der Waals surface area contributed by atoms with E-state index in [2.05, 4.69) is 10.6 Å². The third-order valence-electron chi connectivity index (χ3n) is 3.23. The lowest BCUT2D eigenvalue weighted by molar-refractivity contribution is -0.116. The lowest BCUT2D eigenvalue weighted by Crippen LogP contribution is -2.43. The van der Waals surface area contributed by atoms with Crippen LogP contribution in [0.4, 0.5) is 0 Å². The molecule has 1 heterocycles. The monoisotopic (exact) mass is 278 g/mol. The summed E-state index contributed by atoms with van der Waals surface area (Å²) in [7, 11) is 0. The molecule has 1 aliphatic rings. The zero-order valence-electron chi connectivity index (χ0n) is 10.9. The van der Waals surface area contributed by atoms with E-state index >= 15 is 0 Å². The van der Waals surface area contributed by atoms with Crippen LogP contribution in [0, 0.1) is 0 Å². The van der Waals surface area contributed by atoms with Gasteiger partial charge in [-0.05, 0) is 43.2 Å². The van der Waals surface area contributed by atoms with E-state index in [1.54, 1.807) is 12.2 Å². The van der Waals surface area contributed by atoms with Gasteiger partial charge in [-0.25, -0.2) is 0 Å². The van der Waals surface area contributed by atoms with Crippen LogP contribution in [0.1, 0.15) is 24.8 Å². The summed E-state index contributed by atoms with van der Waals surface area (Å²) in [6.07, 6.45) is 6.97. The summed E-state index contributed by atoms with van der Waals surface area (Å²) in [4.78, 5) is 11.7. The van der Waals surface area contributed by atoms with Gasteiger partial charge in [-0.3, -0.25) is 4.79 Å². The Morgan fingerprint density at radius 3 is 2.84 bits per heavy atom. The molecular weight excluding hydrogens is 260 g/mol. The van der Waals surface area contributed by atoms with Crippen LogP contribution in [0.5, 0.6) is 0 Å². The molecule has 2 rings (SSSR count). The van der Waals surface area contributed by atoms with E-state index in [0.29, 0.717) is 17.6 Å². The van der Waals surface area contributed by atoms with Crippen LogP contribution in [0.2, 0.25) is 5.02 Å². The summed E-state index contributed by atoms with van der Waals surface area (Å²) in [6.45, 7) is 1.75. The van der Waals surface area contributed by atoms with Crippen molar-refractivity contribution in [1.82, 2.24) is 10.6 Å². The summed E-state index contributed by atoms with van der Waals surface area (Å²) in [5.74, 6) is -0.0534. The maximum atomic E-state index is 11.7. The van der Waals surface area contributed by atoms with Crippen LogP contribution in [0.25, 0.3) is 6.08 Å². The number of nitrogens with one attached hydrogen (secondary N) is 2. The molecule has 0 radical (unpaired) electrons. The van der Waals surface area contributed by atoms with E-state index in [1.165, 1.54) is 12.8 Å². The molecule has 1 aromatic carbocycles. The first kappa shape index (κ1) is 14.1. The van der Waals surface area contributed by atoms with Gasteiger partial charge >= 0.3 is 0 Å². The minimum absolute atomic E-state index is 0.0534. The highest BCUT2D eigenvalue weighted by molar-refractivity contribution is 6.30. The Labute approximate surface area is 119 Å². The Kier molecular flexibility index (Phi) is 5.43. The van der Waals surface area contributed by atoms with Crippen molar-refractivity contribution in [3.05, 3.63) is 40.9 Å². The van der Waals surface area contributed by atoms with Crippen LogP contribution < -0.4 is 10.6 Å². The molecule has 0 bridgehead atoms. The maximum Gasteiger partial charge on any atom is 0.244 e. The predicted octanol–water partition coefficient (Wildman–Crippen LogP) is 2.61. The first-order chi connectivity index (χ1) is 9.24. The number of rotatable bonds is 4. The Hall–Kier alpha value is -1.32. The van der Waals surface area contributed by atoms with Crippen molar-refractivity contribution >= 4 is 23.6 Å². The molecule has 1 aliphatic heterocycles. The van der Waals surface area contributed by atoms with E-state index < -0.39 is 0 Å². The molecule has 1 saturated heterocycles. The quantitative estimate of drug-likeness (QED) is 0.832. The molecule has 0 aromatic heterocycles. The van der Waals surface area contributed by atoms with Crippen LogP contribution in [-0.4, -0.2) is 25.0 Å². The summed E-state index contributed by atoms with van der Waals surface area (Å²) in [5.41, 5.74) is 0.968. The molecule has 1 atom stereocenters. The fourth-order valence-corrected chi connectivity index (χ4v) is 2.25. The van der Waals surface area contributed by atoms with E-state index in [4.69, 9.17) is 11.6 Å². The molecule has 0 aliphatic carbocycles. The normalized spacial score (nSPS) is 19.5. The SMILES string of the molecule is O=C(C=Cc1ccc(Cl)cc1)NCC1CCCCN1. The van der Waals surface area contributed by atoms with Crippen molar-refractivity contribution in [3.63, 3.8) is 0 Å². The standard InChI is InChI=1S/C15H19ClN2O/c16-13-7-4-12(5-8-13)6-9-15(19)18-11-14-3-1-2-10-17-14/h4-9,14,17H,1-3,10-11H2,(H,18,19). The number of halogens is 1. The fourth-order valence-electron chi connectivity index (χ4n) is 2.13. The number of amides is 1. The number of benzene rings is 1. The van der Waals surface area contributed by atoms with Gasteiger partial charge in [0.15, 0.2) is 0 Å². The van der Waals surface area contributed by atoms with Gasteiger partial charge in [0.1, 0.15) is 0 Å². The van der Waals surface area contributed by atoms with Gasteiger partial charge in [-0.15, -0.1) is 0 Å². The summed E-state index contributed by atoms with van der Waals surface area (Å²) >= 11 is 5.80. The van der Waals surface area contributed by atoms with E-state index in [-0.39, 0.29) is 5.91 Å². The zero-order valence-corrected chi connectivity index (χ0v) is 11.6. The Morgan fingerprint density at radius 2 is 2.16 bits per heavy atom. The third kappa shape index (κ3) is 5.05. The Balaban J connectivity index is 1.75. The van der Waals surface area contributed by atoms with Crippen molar-refractivity contribution in [2.24, 2.45) is 0 Å². The summed E-state index contributed by atoms with van der Waals surface area (Å²) in [6, 6.07) is 7.81. The molecule has 2 N–H and O–H groups in total. The highest BCUT2D eigenvalue weighted by Crippen LogP contribution is 2.10. The lowest BCUT2D eigenvalue weighted by Gasteiger charge is -2.23. The average molecular weight is 279 g/mol. The highest BCUT2D eigenvalue weighted by Gasteiger charge is 2.12. The summed E-state index contributed by atoms with van der Waals surface area (Å²) < 4.78 is 0. The first-order valence-corrected chi connectivity index (χ1v) is 7.07. The first-order valence-electron chi connectivity index (χ1n) is 6.69. The van der Waals surface area contributed by atoms with Crippen molar-refractivity contribution in [3.8, 4) is 0 Å². The molecule has 0 spiro atoms. The molecule has 1 amide bonds. The van der Waals surface area contributed by atoms with Crippen molar-refractivity contribution in [2.45, 2.75) is 25.3 Å². The molecule has 1 fully saturated rings. The lowest BCUT2D eigenvalue weighted by atomic mass is 10.1. The minimum atomic E-state index is -0.0534. The summed E-state index contributed by atoms with van der Waals surface area (Å²) in [5, 5.41) is 7.02. The van der Waals surface area contributed by atoms with Crippen molar-refractivity contribution < 1.29 is 4.79 Å². The molecule has 3 nitrogen and oxygen atoms in total. The number of hydrogen-bond donors (Lipinski definition) is 2. The van der Waals surface area contributed by atoms with Crippen LogP contribution in [-0.2, 0) is 4.79 Å². The number of piperidine rings is 1. The number of carbonyl (C=O) groups excluding carboxylic acids is 1. The van der Waals surface area contributed by atoms with Crippen molar-refractivity contribution in [1.29, 1.82) is 0 Å². The molecule has 102 valence electrons. The number of hydrogen-bond acceptors (Lipinski definition) is 2. The van der Waals surface area contributed by atoms with Crippen molar-refractivity contribution in [2.75, 3.05) is 13.1 Å².